The zero-order chi connectivity index (χ0) is 15.8. The molecule has 0 spiro atoms. The molecule has 5 heteroatoms. The highest BCUT2D eigenvalue weighted by molar-refractivity contribution is 6.02. The minimum absolute atomic E-state index is 0.161. The van der Waals surface area contributed by atoms with Crippen LogP contribution >= 0.6 is 0 Å². The van der Waals surface area contributed by atoms with Crippen molar-refractivity contribution in [2.75, 3.05) is 6.54 Å². The lowest BCUT2D eigenvalue weighted by Crippen LogP contribution is -2.61. The molecule has 0 atom stereocenters. The highest BCUT2D eigenvalue weighted by Gasteiger charge is 2.23. The quantitative estimate of drug-likeness (QED) is 0.552. The van der Waals surface area contributed by atoms with E-state index in [1.807, 2.05) is 24.4 Å². The van der Waals surface area contributed by atoms with Crippen LogP contribution in [-0.2, 0) is 6.42 Å². The highest BCUT2D eigenvalue weighted by atomic mass is 16.3. The van der Waals surface area contributed by atoms with Gasteiger partial charge in [-0.1, -0.05) is 12.1 Å². The highest BCUT2D eigenvalue weighted by Crippen LogP contribution is 2.28. The summed E-state index contributed by atoms with van der Waals surface area (Å²) in [6.07, 6.45) is 5.22. The number of nitrogens with zero attached hydrogens (tertiary/aromatic N) is 2. The number of hydrogen-bond acceptors (Lipinski definition) is 4. The second-order valence-corrected chi connectivity index (χ2v) is 5.64. The van der Waals surface area contributed by atoms with Crippen molar-refractivity contribution in [2.45, 2.75) is 12.8 Å². The maximum Gasteiger partial charge on any atom is 0.258 e. The van der Waals surface area contributed by atoms with Gasteiger partial charge < -0.3 is 10.2 Å². The first-order chi connectivity index (χ1) is 11.2. The van der Waals surface area contributed by atoms with Gasteiger partial charge in [0, 0.05) is 24.8 Å². The smallest absolute Gasteiger partial charge is 0.258 e. The van der Waals surface area contributed by atoms with E-state index in [1.165, 1.54) is 5.57 Å². The second-order valence-electron chi connectivity index (χ2n) is 5.64. The van der Waals surface area contributed by atoms with Crippen LogP contribution in [0.5, 0.6) is 11.5 Å². The van der Waals surface area contributed by atoms with Gasteiger partial charge in [-0.3, -0.25) is 9.98 Å². The summed E-state index contributed by atoms with van der Waals surface area (Å²) in [6.45, 7) is 0.765. The molecule has 0 saturated heterocycles. The summed E-state index contributed by atoms with van der Waals surface area (Å²) in [7, 11) is 0. The van der Waals surface area contributed by atoms with E-state index < -0.39 is 0 Å². The van der Waals surface area contributed by atoms with Gasteiger partial charge in [-0.15, -0.1) is 0 Å². The van der Waals surface area contributed by atoms with Gasteiger partial charge in [0.2, 0.25) is 5.75 Å². The van der Waals surface area contributed by atoms with Gasteiger partial charge in [0.05, 0.1) is 10.6 Å². The van der Waals surface area contributed by atoms with E-state index in [4.69, 9.17) is 0 Å². The summed E-state index contributed by atoms with van der Waals surface area (Å²) in [5.41, 5.74) is 3.46. The van der Waals surface area contributed by atoms with Crippen LogP contribution in [0, 0.1) is 0 Å². The Kier molecular flexibility index (Phi) is 3.19. The van der Waals surface area contributed by atoms with E-state index in [2.05, 4.69) is 15.0 Å². The first-order valence-corrected chi connectivity index (χ1v) is 7.56. The number of phenols is 2. The van der Waals surface area contributed by atoms with E-state index in [0.717, 1.165) is 29.1 Å². The van der Waals surface area contributed by atoms with E-state index in [1.54, 1.807) is 18.3 Å². The Morgan fingerprint density at radius 2 is 2.04 bits per heavy atom. The standard InChI is InChI=1S/C18H15N3O2/c22-13-3-1-11(2-4-13)5-7-20-15-9-14-16-12(6-8-19-14)10-21-17(16)18(15)23/h1-4,7,9-10,22-23H,5-6,8H2/p+1. The van der Waals surface area contributed by atoms with E-state index >= 15 is 0 Å². The summed E-state index contributed by atoms with van der Waals surface area (Å²) in [4.78, 5) is 12.1. The third kappa shape index (κ3) is 2.40. The molecule has 3 N–H and O–H groups in total. The second kappa shape index (κ2) is 5.35. The Bertz CT molecular complexity index is 957. The van der Waals surface area contributed by atoms with Gasteiger partial charge in [-0.05, 0) is 30.2 Å². The molecule has 2 aliphatic heterocycles. The average molecular weight is 306 g/mol. The van der Waals surface area contributed by atoms with Crippen LogP contribution < -0.4 is 15.6 Å². The van der Waals surface area contributed by atoms with E-state index in [-0.39, 0.29) is 11.5 Å². The number of aliphatic imine (C=N–C) groups is 1. The van der Waals surface area contributed by atoms with Crippen LogP contribution in [0.1, 0.15) is 12.0 Å². The van der Waals surface area contributed by atoms with Gasteiger partial charge in [0.1, 0.15) is 11.4 Å². The van der Waals surface area contributed by atoms with Crippen LogP contribution in [-0.4, -0.2) is 29.2 Å². The molecular weight excluding hydrogens is 290 g/mol. The Morgan fingerprint density at radius 3 is 2.87 bits per heavy atom. The fourth-order valence-corrected chi connectivity index (χ4v) is 2.94. The summed E-state index contributed by atoms with van der Waals surface area (Å²) < 4.78 is 0. The van der Waals surface area contributed by atoms with E-state index in [9.17, 15) is 10.2 Å². The van der Waals surface area contributed by atoms with Crippen molar-refractivity contribution in [3.63, 3.8) is 0 Å². The van der Waals surface area contributed by atoms with Crippen molar-refractivity contribution in [3.05, 3.63) is 46.5 Å². The topological polar surface area (TPSA) is 79.2 Å². The normalized spacial score (nSPS) is 15.0. The number of benzene rings is 2. The van der Waals surface area contributed by atoms with Crippen LogP contribution in [0.15, 0.2) is 40.3 Å². The first kappa shape index (κ1) is 13.7. The number of phenolic OH excluding ortho intramolecular Hbond substituents is 2. The molecule has 2 aliphatic rings. The van der Waals surface area contributed by atoms with Crippen LogP contribution in [0.3, 0.4) is 0 Å². The van der Waals surface area contributed by atoms with Crippen LogP contribution in [0.4, 0.5) is 11.4 Å². The molecule has 0 aliphatic carbocycles. The largest absolute Gasteiger partial charge is 0.508 e. The zero-order valence-corrected chi connectivity index (χ0v) is 12.5. The molecule has 0 fully saturated rings. The van der Waals surface area contributed by atoms with Gasteiger partial charge in [0.25, 0.3) is 5.69 Å². The average Bonchev–Trinajstić information content (AvgIpc) is 3.00. The van der Waals surface area contributed by atoms with Crippen LogP contribution in [0.2, 0.25) is 0 Å². The molecule has 0 saturated carbocycles. The van der Waals surface area contributed by atoms with E-state index in [0.29, 0.717) is 17.8 Å². The lowest BCUT2D eigenvalue weighted by molar-refractivity contribution is -0.345. The Labute approximate surface area is 132 Å². The summed E-state index contributed by atoms with van der Waals surface area (Å²) in [6, 6.07) is 8.83. The molecule has 0 unspecified atom stereocenters. The third-order valence-electron chi connectivity index (χ3n) is 4.13. The summed E-state index contributed by atoms with van der Waals surface area (Å²) in [5.74, 6) is 0.408. The van der Waals surface area contributed by atoms with Crippen LogP contribution in [0.25, 0.3) is 5.57 Å². The van der Waals surface area contributed by atoms with Gasteiger partial charge in [-0.2, -0.15) is 0 Å². The number of rotatable bonds is 3. The van der Waals surface area contributed by atoms with Crippen molar-refractivity contribution in [3.8, 4) is 11.5 Å². The molecule has 4 rings (SSSR count). The maximum atomic E-state index is 10.4. The summed E-state index contributed by atoms with van der Waals surface area (Å²) in [5, 5.41) is 21.6. The zero-order valence-electron chi connectivity index (χ0n) is 12.5. The fourth-order valence-electron chi connectivity index (χ4n) is 2.94. The van der Waals surface area contributed by atoms with Crippen molar-refractivity contribution in [1.29, 1.82) is 0 Å². The lowest BCUT2D eigenvalue weighted by atomic mass is 10.1. The molecule has 2 aromatic rings. The minimum Gasteiger partial charge on any atom is -0.508 e. The predicted octanol–water partition coefficient (Wildman–Crippen LogP) is 0.0133. The molecule has 2 heterocycles. The Balaban J connectivity index is 1.67. The molecule has 2 aromatic carbocycles. The molecule has 5 nitrogen and oxygen atoms in total. The van der Waals surface area contributed by atoms with Crippen molar-refractivity contribution < 1.29 is 15.2 Å². The van der Waals surface area contributed by atoms with Gasteiger partial charge in [0.15, 0.2) is 6.21 Å². The third-order valence-corrected chi connectivity index (χ3v) is 4.13. The molecule has 0 aromatic heterocycles. The fraction of sp³-hybridized carbons (Fsp3) is 0.167. The first-order valence-electron chi connectivity index (χ1n) is 7.56. The number of aromatic hydroxyl groups is 2. The Hall–Kier alpha value is -2.95. The van der Waals surface area contributed by atoms with Crippen molar-refractivity contribution >= 4 is 29.4 Å². The van der Waals surface area contributed by atoms with Crippen molar-refractivity contribution in [2.24, 2.45) is 9.98 Å². The van der Waals surface area contributed by atoms with Crippen molar-refractivity contribution in [1.82, 2.24) is 0 Å². The maximum absolute atomic E-state index is 10.4. The number of hydrogen-bond donors (Lipinski definition) is 3. The number of nitrogens with one attached hydrogen (secondary N) is 1. The monoisotopic (exact) mass is 306 g/mol. The molecular formula is C18H16N3O2+. The lowest BCUT2D eigenvalue weighted by Gasteiger charge is -2.04. The SMILES string of the molecule is Oc1ccc(CC=Nc2cc3c4c(c2O)[NH+]=CC=4CCN=3)cc1. The summed E-state index contributed by atoms with van der Waals surface area (Å²) >= 11 is 0. The molecule has 0 radical (unpaired) electrons. The molecule has 23 heavy (non-hydrogen) atoms. The molecule has 0 bridgehead atoms. The van der Waals surface area contributed by atoms with Gasteiger partial charge >= 0.3 is 0 Å². The Morgan fingerprint density at radius 1 is 1.22 bits per heavy atom. The molecule has 0 amide bonds. The minimum atomic E-state index is 0.161. The predicted molar refractivity (Wildman–Crippen MR) is 88.4 cm³/mol. The van der Waals surface area contributed by atoms with Gasteiger partial charge in [-0.25, -0.2) is 4.99 Å². The molecule has 114 valence electrons.